The quantitative estimate of drug-likeness (QED) is 0.759. The second-order valence-electron chi connectivity index (χ2n) is 5.59. The number of hydrogen-bond acceptors (Lipinski definition) is 8. The number of carbonyl (C=O) groups is 1. The van der Waals surface area contributed by atoms with E-state index in [1.54, 1.807) is 6.20 Å². The largest absolute Gasteiger partial charge is 0.368 e. The number of thioether (sulfide) groups is 1. The molecule has 1 saturated heterocycles. The molecule has 0 N–H and O–H groups in total. The second-order valence-corrected chi connectivity index (χ2v) is 7.99. The van der Waals surface area contributed by atoms with Crippen molar-refractivity contribution in [1.82, 2.24) is 30.1 Å². The molecule has 4 heterocycles. The maximum atomic E-state index is 12.4. The average molecular weight is 352 g/mol. The number of rotatable bonds is 3. The normalized spacial score (nSPS) is 23.4. The Morgan fingerprint density at radius 1 is 1.52 bits per heavy atom. The predicted octanol–water partition coefficient (Wildman–Crippen LogP) is 0.903. The van der Waals surface area contributed by atoms with Crippen LogP contribution in [0.4, 0.5) is 0 Å². The van der Waals surface area contributed by atoms with E-state index in [1.165, 1.54) is 23.1 Å². The third kappa shape index (κ3) is 2.98. The minimum absolute atomic E-state index is 0.00401. The standard InChI is InChI=1S/C13H16N6O2S2/c1-8-15-16-13(23-8)22-7-12(20)18-3-2-10-11(5-18)21-6-9-4-14-17-19(9)10/h4,10-11H,2-3,5-7H2,1H3/t10-,11-/m0/s1. The van der Waals surface area contributed by atoms with Crippen molar-refractivity contribution in [3.63, 3.8) is 0 Å². The van der Waals surface area contributed by atoms with Gasteiger partial charge >= 0.3 is 0 Å². The van der Waals surface area contributed by atoms with Crippen LogP contribution in [0.3, 0.4) is 0 Å². The van der Waals surface area contributed by atoms with Gasteiger partial charge in [0.25, 0.3) is 0 Å². The van der Waals surface area contributed by atoms with Crippen molar-refractivity contribution in [3.05, 3.63) is 16.9 Å². The molecule has 0 aromatic carbocycles. The molecule has 10 heteroatoms. The van der Waals surface area contributed by atoms with Crippen molar-refractivity contribution in [2.75, 3.05) is 18.8 Å². The molecule has 122 valence electrons. The van der Waals surface area contributed by atoms with Crippen LogP contribution in [0, 0.1) is 6.92 Å². The summed E-state index contributed by atoms with van der Waals surface area (Å²) < 4.78 is 8.68. The molecule has 1 amide bonds. The number of aromatic nitrogens is 5. The number of ether oxygens (including phenoxy) is 1. The summed E-state index contributed by atoms with van der Waals surface area (Å²) in [6.07, 6.45) is 2.58. The summed E-state index contributed by atoms with van der Waals surface area (Å²) in [7, 11) is 0. The highest BCUT2D eigenvalue weighted by atomic mass is 32.2. The van der Waals surface area contributed by atoms with Crippen LogP contribution in [0.5, 0.6) is 0 Å². The zero-order valence-corrected chi connectivity index (χ0v) is 14.2. The van der Waals surface area contributed by atoms with Crippen molar-refractivity contribution >= 4 is 29.0 Å². The van der Waals surface area contributed by atoms with Crippen molar-refractivity contribution in [1.29, 1.82) is 0 Å². The fourth-order valence-corrected chi connectivity index (χ4v) is 4.68. The highest BCUT2D eigenvalue weighted by molar-refractivity contribution is 8.01. The molecular weight excluding hydrogens is 336 g/mol. The average Bonchev–Trinajstić information content (AvgIpc) is 3.20. The molecule has 0 bridgehead atoms. The Hall–Kier alpha value is -1.52. The van der Waals surface area contributed by atoms with Gasteiger partial charge in [-0.15, -0.1) is 15.3 Å². The van der Waals surface area contributed by atoms with Gasteiger partial charge in [-0.25, -0.2) is 4.68 Å². The Kier molecular flexibility index (Phi) is 4.04. The third-order valence-corrected chi connectivity index (χ3v) is 6.07. The zero-order chi connectivity index (χ0) is 15.8. The first-order chi connectivity index (χ1) is 11.2. The van der Waals surface area contributed by atoms with Crippen LogP contribution in [0.1, 0.15) is 23.2 Å². The number of carbonyl (C=O) groups excluding carboxylic acids is 1. The molecule has 2 aliphatic rings. The van der Waals surface area contributed by atoms with Gasteiger partial charge in [0.1, 0.15) is 5.01 Å². The van der Waals surface area contributed by atoms with Crippen molar-refractivity contribution < 1.29 is 9.53 Å². The molecule has 0 unspecified atom stereocenters. The van der Waals surface area contributed by atoms with Crippen LogP contribution in [-0.2, 0) is 16.1 Å². The maximum absolute atomic E-state index is 12.4. The van der Waals surface area contributed by atoms with Crippen LogP contribution in [0.15, 0.2) is 10.5 Å². The van der Waals surface area contributed by atoms with Crippen LogP contribution in [0.2, 0.25) is 0 Å². The Labute approximate surface area is 141 Å². The van der Waals surface area contributed by atoms with Gasteiger partial charge in [0.05, 0.1) is 36.4 Å². The van der Waals surface area contributed by atoms with Gasteiger partial charge in [-0.3, -0.25) is 4.79 Å². The molecule has 2 atom stereocenters. The molecule has 2 aromatic heterocycles. The summed E-state index contributed by atoms with van der Waals surface area (Å²) in [6, 6.07) is 0.184. The van der Waals surface area contributed by atoms with E-state index < -0.39 is 0 Å². The van der Waals surface area contributed by atoms with Crippen LogP contribution in [0.25, 0.3) is 0 Å². The summed E-state index contributed by atoms with van der Waals surface area (Å²) in [5.74, 6) is 0.509. The lowest BCUT2D eigenvalue weighted by Crippen LogP contribution is -2.50. The van der Waals surface area contributed by atoms with Crippen LogP contribution in [-0.4, -0.2) is 60.9 Å². The summed E-state index contributed by atoms with van der Waals surface area (Å²) >= 11 is 2.96. The molecule has 0 spiro atoms. The van der Waals surface area contributed by atoms with Gasteiger partial charge < -0.3 is 9.64 Å². The SMILES string of the molecule is Cc1nnc(SCC(=O)N2CC[C@H]3[C@H](C2)OCc2cnnn23)s1. The highest BCUT2D eigenvalue weighted by Crippen LogP contribution is 2.31. The number of amides is 1. The number of likely N-dealkylation sites (tertiary alicyclic amines) is 1. The number of aryl methyl sites for hydroxylation is 1. The molecule has 2 aliphatic heterocycles. The monoisotopic (exact) mass is 352 g/mol. The lowest BCUT2D eigenvalue weighted by atomic mass is 10.0. The summed E-state index contributed by atoms with van der Waals surface area (Å²) in [5.41, 5.74) is 1.01. The summed E-state index contributed by atoms with van der Waals surface area (Å²) in [4.78, 5) is 14.3. The van der Waals surface area contributed by atoms with Crippen molar-refractivity contribution in [3.8, 4) is 0 Å². The molecule has 0 saturated carbocycles. The molecule has 2 aromatic rings. The topological polar surface area (TPSA) is 86.0 Å². The van der Waals surface area contributed by atoms with E-state index in [2.05, 4.69) is 20.5 Å². The molecular formula is C13H16N6O2S2. The van der Waals surface area contributed by atoms with E-state index in [-0.39, 0.29) is 18.1 Å². The van der Waals surface area contributed by atoms with E-state index in [0.29, 0.717) is 18.9 Å². The first kappa shape index (κ1) is 15.0. The number of hydrogen-bond donors (Lipinski definition) is 0. The van der Waals surface area contributed by atoms with Crippen LogP contribution >= 0.6 is 23.1 Å². The predicted molar refractivity (Wildman–Crippen MR) is 84.2 cm³/mol. The minimum Gasteiger partial charge on any atom is -0.368 e. The van der Waals surface area contributed by atoms with Crippen LogP contribution < -0.4 is 0 Å². The van der Waals surface area contributed by atoms with Gasteiger partial charge in [0.15, 0.2) is 4.34 Å². The van der Waals surface area contributed by atoms with Gasteiger partial charge in [-0.2, -0.15) is 0 Å². The third-order valence-electron chi connectivity index (χ3n) is 4.11. The van der Waals surface area contributed by atoms with Crippen molar-refractivity contribution in [2.24, 2.45) is 0 Å². The van der Waals surface area contributed by atoms with E-state index in [0.717, 1.165) is 28.0 Å². The molecule has 0 aliphatic carbocycles. The van der Waals surface area contributed by atoms with E-state index in [1.807, 2.05) is 16.5 Å². The van der Waals surface area contributed by atoms with Crippen molar-refractivity contribution in [2.45, 2.75) is 36.4 Å². The van der Waals surface area contributed by atoms with Gasteiger partial charge in [-0.1, -0.05) is 28.3 Å². The fraction of sp³-hybridized carbons (Fsp3) is 0.615. The van der Waals surface area contributed by atoms with E-state index >= 15 is 0 Å². The number of fused-ring (bicyclic) bond motifs is 3. The Balaban J connectivity index is 1.36. The maximum Gasteiger partial charge on any atom is 0.233 e. The highest BCUT2D eigenvalue weighted by Gasteiger charge is 2.37. The van der Waals surface area contributed by atoms with E-state index in [4.69, 9.17) is 4.74 Å². The Morgan fingerprint density at radius 3 is 3.26 bits per heavy atom. The van der Waals surface area contributed by atoms with Gasteiger partial charge in [-0.05, 0) is 13.3 Å². The summed E-state index contributed by atoms with van der Waals surface area (Å²) in [6.45, 7) is 3.75. The number of nitrogens with zero attached hydrogens (tertiary/aromatic N) is 6. The smallest absolute Gasteiger partial charge is 0.233 e. The molecule has 4 rings (SSSR count). The Morgan fingerprint density at radius 2 is 2.43 bits per heavy atom. The first-order valence-electron chi connectivity index (χ1n) is 7.42. The second kappa shape index (κ2) is 6.17. The molecule has 0 radical (unpaired) electrons. The molecule has 8 nitrogen and oxygen atoms in total. The lowest BCUT2D eigenvalue weighted by molar-refractivity contribution is -0.136. The zero-order valence-electron chi connectivity index (χ0n) is 12.6. The Bertz CT molecular complexity index is 717. The van der Waals surface area contributed by atoms with E-state index in [9.17, 15) is 4.79 Å². The number of piperidine rings is 1. The molecule has 23 heavy (non-hydrogen) atoms. The lowest BCUT2D eigenvalue weighted by Gasteiger charge is -2.40. The minimum atomic E-state index is -0.00401. The molecule has 1 fully saturated rings. The summed E-state index contributed by atoms with van der Waals surface area (Å²) in [5, 5.41) is 17.0. The fourth-order valence-electron chi connectivity index (χ4n) is 2.97. The van der Waals surface area contributed by atoms with Gasteiger partial charge in [0, 0.05) is 13.1 Å². The van der Waals surface area contributed by atoms with Gasteiger partial charge in [0.2, 0.25) is 5.91 Å². The first-order valence-corrected chi connectivity index (χ1v) is 9.22.